The Labute approximate surface area is 73.9 Å². The maximum Gasteiger partial charge on any atom is 0.151 e. The smallest absolute Gasteiger partial charge is 0.151 e. The van der Waals surface area contributed by atoms with Gasteiger partial charge in [0.1, 0.15) is 5.69 Å². The minimum Gasteiger partial charge on any atom is -0.184 e. The van der Waals surface area contributed by atoms with E-state index < -0.39 is 0 Å². The van der Waals surface area contributed by atoms with E-state index in [9.17, 15) is 0 Å². The zero-order valence-corrected chi connectivity index (χ0v) is 8.00. The van der Waals surface area contributed by atoms with Gasteiger partial charge in [0.25, 0.3) is 0 Å². The summed E-state index contributed by atoms with van der Waals surface area (Å²) in [4.78, 5) is 1.73. The van der Waals surface area contributed by atoms with Crippen LogP contribution in [-0.2, 0) is 6.54 Å². The minimum atomic E-state index is 0.685. The fourth-order valence-electron chi connectivity index (χ4n) is 1.09. The predicted octanol–water partition coefficient (Wildman–Crippen LogP) is 1.94. The fourth-order valence-corrected chi connectivity index (χ4v) is 1.67. The second kappa shape index (κ2) is 2.59. The Balaban J connectivity index is 2.30. The Hall–Kier alpha value is -0.380. The van der Waals surface area contributed by atoms with Gasteiger partial charge in [-0.05, 0) is 35.7 Å². The highest BCUT2D eigenvalue weighted by Gasteiger charge is 2.29. The second-order valence-corrected chi connectivity index (χ2v) is 3.59. The lowest BCUT2D eigenvalue weighted by atomic mass is 10.3. The second-order valence-electron chi connectivity index (χ2n) is 2.84. The van der Waals surface area contributed by atoms with Gasteiger partial charge in [-0.2, -0.15) is 9.90 Å². The first-order valence-electron chi connectivity index (χ1n) is 3.91. The van der Waals surface area contributed by atoms with Gasteiger partial charge in [-0.3, -0.25) is 0 Å². The van der Waals surface area contributed by atoms with Crippen LogP contribution in [0.2, 0.25) is 0 Å². The van der Waals surface area contributed by atoms with E-state index in [1.807, 2.05) is 6.92 Å². The van der Waals surface area contributed by atoms with E-state index in [0.717, 1.165) is 16.8 Å². The van der Waals surface area contributed by atoms with Gasteiger partial charge < -0.3 is 0 Å². The Bertz CT molecular complexity index is 265. The molecule has 0 atom stereocenters. The van der Waals surface area contributed by atoms with Crippen molar-refractivity contribution in [2.75, 3.05) is 0 Å². The molecule has 0 bridgehead atoms. The summed E-state index contributed by atoms with van der Waals surface area (Å²) < 4.78 is 0.932. The van der Waals surface area contributed by atoms with Gasteiger partial charge in [0.05, 0.1) is 6.54 Å². The van der Waals surface area contributed by atoms with E-state index in [2.05, 4.69) is 26.1 Å². The SMILES string of the molecule is CCn1nc(Br)c(C2CC2)n1. The van der Waals surface area contributed by atoms with Crippen LogP contribution in [0, 0.1) is 0 Å². The van der Waals surface area contributed by atoms with Gasteiger partial charge in [-0.15, -0.1) is 5.10 Å². The topological polar surface area (TPSA) is 30.7 Å². The molecular formula is C7H10BrN3. The molecule has 1 aromatic heterocycles. The third kappa shape index (κ3) is 1.31. The lowest BCUT2D eigenvalue weighted by Gasteiger charge is -1.88. The maximum atomic E-state index is 4.35. The van der Waals surface area contributed by atoms with Crippen LogP contribution in [-0.4, -0.2) is 15.0 Å². The fraction of sp³-hybridized carbons (Fsp3) is 0.714. The average Bonchev–Trinajstić information content (AvgIpc) is 2.76. The quantitative estimate of drug-likeness (QED) is 0.756. The number of hydrogen-bond acceptors (Lipinski definition) is 2. The lowest BCUT2D eigenvalue weighted by Crippen LogP contribution is -1.98. The van der Waals surface area contributed by atoms with Crippen LogP contribution in [0.25, 0.3) is 0 Å². The molecule has 0 unspecified atom stereocenters. The monoisotopic (exact) mass is 215 g/mol. The zero-order chi connectivity index (χ0) is 7.84. The third-order valence-corrected chi connectivity index (χ3v) is 2.45. The number of aryl methyl sites for hydroxylation is 1. The molecule has 4 heteroatoms. The molecule has 0 spiro atoms. The summed E-state index contributed by atoms with van der Waals surface area (Å²) in [6.45, 7) is 2.90. The molecule has 1 fully saturated rings. The Morgan fingerprint density at radius 2 is 2.27 bits per heavy atom. The molecule has 0 aromatic carbocycles. The van der Waals surface area contributed by atoms with Gasteiger partial charge >= 0.3 is 0 Å². The van der Waals surface area contributed by atoms with Crippen LogP contribution in [0.15, 0.2) is 4.60 Å². The maximum absolute atomic E-state index is 4.35. The van der Waals surface area contributed by atoms with Crippen molar-refractivity contribution < 1.29 is 0 Å². The van der Waals surface area contributed by atoms with Crippen molar-refractivity contribution in [1.82, 2.24) is 15.0 Å². The zero-order valence-electron chi connectivity index (χ0n) is 6.42. The molecule has 0 radical (unpaired) electrons. The molecule has 60 valence electrons. The summed E-state index contributed by atoms with van der Waals surface area (Å²) in [6.07, 6.45) is 2.56. The third-order valence-electron chi connectivity index (χ3n) is 1.88. The molecule has 0 N–H and O–H groups in total. The average molecular weight is 216 g/mol. The summed E-state index contributed by atoms with van der Waals surface area (Å²) >= 11 is 3.40. The Morgan fingerprint density at radius 1 is 1.55 bits per heavy atom. The normalized spacial score (nSPS) is 17.3. The standard InChI is InChI=1S/C7H10BrN3/c1-2-11-9-6(5-3-4-5)7(8)10-11/h5H,2-4H2,1H3. The predicted molar refractivity (Wildman–Crippen MR) is 45.4 cm³/mol. The first kappa shape index (κ1) is 7.28. The molecule has 1 aliphatic rings. The number of rotatable bonds is 2. The highest BCUT2D eigenvalue weighted by atomic mass is 79.9. The van der Waals surface area contributed by atoms with Crippen molar-refractivity contribution in [3.05, 3.63) is 10.3 Å². The summed E-state index contributed by atoms with van der Waals surface area (Å²) in [5, 5.41) is 8.56. The van der Waals surface area contributed by atoms with Crippen LogP contribution in [0.4, 0.5) is 0 Å². The molecule has 11 heavy (non-hydrogen) atoms. The number of nitrogens with zero attached hydrogens (tertiary/aromatic N) is 3. The van der Waals surface area contributed by atoms with Gasteiger partial charge in [0, 0.05) is 5.92 Å². The van der Waals surface area contributed by atoms with Crippen LogP contribution in [0.1, 0.15) is 31.4 Å². The molecule has 3 nitrogen and oxygen atoms in total. The molecule has 1 heterocycles. The van der Waals surface area contributed by atoms with Gasteiger partial charge in [0.15, 0.2) is 4.60 Å². The highest BCUT2D eigenvalue weighted by Crippen LogP contribution is 2.41. The molecule has 1 aromatic rings. The summed E-state index contributed by atoms with van der Waals surface area (Å²) in [5.74, 6) is 0.685. The van der Waals surface area contributed by atoms with E-state index in [-0.39, 0.29) is 0 Å². The van der Waals surface area contributed by atoms with Crippen LogP contribution < -0.4 is 0 Å². The Kier molecular flexibility index (Phi) is 1.71. The molecule has 1 aliphatic carbocycles. The molecule has 0 aliphatic heterocycles. The van der Waals surface area contributed by atoms with Crippen molar-refractivity contribution >= 4 is 15.9 Å². The van der Waals surface area contributed by atoms with Crippen molar-refractivity contribution in [2.24, 2.45) is 0 Å². The first-order chi connectivity index (χ1) is 5.31. The van der Waals surface area contributed by atoms with Crippen LogP contribution in [0.3, 0.4) is 0 Å². The molecule has 2 rings (SSSR count). The lowest BCUT2D eigenvalue weighted by molar-refractivity contribution is 0.562. The Morgan fingerprint density at radius 3 is 2.73 bits per heavy atom. The summed E-state index contributed by atoms with van der Waals surface area (Å²) in [5.41, 5.74) is 1.15. The highest BCUT2D eigenvalue weighted by molar-refractivity contribution is 9.10. The molecular weight excluding hydrogens is 206 g/mol. The van der Waals surface area contributed by atoms with E-state index in [1.165, 1.54) is 12.8 Å². The number of aromatic nitrogens is 3. The van der Waals surface area contributed by atoms with Gasteiger partial charge in [-0.1, -0.05) is 0 Å². The van der Waals surface area contributed by atoms with Crippen molar-refractivity contribution in [3.63, 3.8) is 0 Å². The minimum absolute atomic E-state index is 0.685. The van der Waals surface area contributed by atoms with Crippen molar-refractivity contribution in [1.29, 1.82) is 0 Å². The summed E-state index contributed by atoms with van der Waals surface area (Å²) in [7, 11) is 0. The summed E-state index contributed by atoms with van der Waals surface area (Å²) in [6, 6.07) is 0. The number of halogens is 1. The first-order valence-corrected chi connectivity index (χ1v) is 4.71. The van der Waals surface area contributed by atoms with Crippen molar-refractivity contribution in [3.8, 4) is 0 Å². The molecule has 1 saturated carbocycles. The van der Waals surface area contributed by atoms with E-state index in [4.69, 9.17) is 0 Å². The van der Waals surface area contributed by atoms with E-state index >= 15 is 0 Å². The van der Waals surface area contributed by atoms with Gasteiger partial charge in [-0.25, -0.2) is 0 Å². The van der Waals surface area contributed by atoms with Gasteiger partial charge in [0.2, 0.25) is 0 Å². The van der Waals surface area contributed by atoms with Crippen molar-refractivity contribution in [2.45, 2.75) is 32.2 Å². The largest absolute Gasteiger partial charge is 0.184 e. The molecule has 0 saturated heterocycles. The van der Waals surface area contributed by atoms with Crippen LogP contribution >= 0.6 is 15.9 Å². The molecule has 0 amide bonds. The number of hydrogen-bond donors (Lipinski definition) is 0. The van der Waals surface area contributed by atoms with E-state index in [0.29, 0.717) is 5.92 Å². The van der Waals surface area contributed by atoms with Crippen LogP contribution in [0.5, 0.6) is 0 Å². The van der Waals surface area contributed by atoms with E-state index in [1.54, 1.807) is 4.80 Å².